The lowest BCUT2D eigenvalue weighted by Crippen LogP contribution is -2.41. The molecule has 0 aromatic carbocycles. The van der Waals surface area contributed by atoms with E-state index in [0.717, 1.165) is 24.3 Å². The second-order valence-electron chi connectivity index (χ2n) is 5.95. The summed E-state index contributed by atoms with van der Waals surface area (Å²) >= 11 is 0. The van der Waals surface area contributed by atoms with Gasteiger partial charge in [0.15, 0.2) is 0 Å². The minimum Gasteiger partial charge on any atom is -0.392 e. The SMILES string of the molecule is CC(C)C(O)CNC(C)C1CC2C=CC1C2. The first-order valence-electron chi connectivity index (χ1n) is 6.67. The highest BCUT2D eigenvalue weighted by Gasteiger charge is 2.38. The van der Waals surface area contributed by atoms with Crippen molar-refractivity contribution in [1.29, 1.82) is 0 Å². The number of hydrogen-bond donors (Lipinski definition) is 2. The van der Waals surface area contributed by atoms with Gasteiger partial charge >= 0.3 is 0 Å². The summed E-state index contributed by atoms with van der Waals surface area (Å²) in [5.74, 6) is 2.77. The van der Waals surface area contributed by atoms with E-state index < -0.39 is 0 Å². The molecule has 2 nitrogen and oxygen atoms in total. The van der Waals surface area contributed by atoms with Gasteiger partial charge in [-0.1, -0.05) is 26.0 Å². The fraction of sp³-hybridized carbons (Fsp3) is 0.857. The Morgan fingerprint density at radius 1 is 1.25 bits per heavy atom. The number of aliphatic hydroxyl groups is 1. The van der Waals surface area contributed by atoms with Crippen molar-refractivity contribution in [2.24, 2.45) is 23.7 Å². The van der Waals surface area contributed by atoms with E-state index in [1.165, 1.54) is 12.8 Å². The molecule has 0 saturated heterocycles. The number of allylic oxidation sites excluding steroid dienone is 2. The first kappa shape index (κ1) is 12.1. The molecule has 2 aliphatic rings. The highest BCUT2D eigenvalue weighted by Crippen LogP contribution is 2.44. The summed E-state index contributed by atoms with van der Waals surface area (Å²) in [5.41, 5.74) is 0. The zero-order valence-electron chi connectivity index (χ0n) is 10.7. The van der Waals surface area contributed by atoms with E-state index in [2.05, 4.69) is 38.2 Å². The molecule has 16 heavy (non-hydrogen) atoms. The summed E-state index contributed by atoms with van der Waals surface area (Å²) in [7, 11) is 0. The maximum absolute atomic E-state index is 9.77. The van der Waals surface area contributed by atoms with Crippen LogP contribution in [0, 0.1) is 23.7 Å². The molecule has 2 heteroatoms. The lowest BCUT2D eigenvalue weighted by molar-refractivity contribution is 0.116. The Hall–Kier alpha value is -0.340. The van der Waals surface area contributed by atoms with Gasteiger partial charge in [0.25, 0.3) is 0 Å². The van der Waals surface area contributed by atoms with Gasteiger partial charge in [0.05, 0.1) is 6.10 Å². The van der Waals surface area contributed by atoms with Crippen molar-refractivity contribution in [3.05, 3.63) is 12.2 Å². The van der Waals surface area contributed by atoms with Gasteiger partial charge in [-0.2, -0.15) is 0 Å². The van der Waals surface area contributed by atoms with Crippen LogP contribution in [0.2, 0.25) is 0 Å². The Morgan fingerprint density at radius 3 is 2.50 bits per heavy atom. The van der Waals surface area contributed by atoms with E-state index in [9.17, 15) is 5.11 Å². The highest BCUT2D eigenvalue weighted by atomic mass is 16.3. The molecular weight excluding hydrogens is 198 g/mol. The van der Waals surface area contributed by atoms with E-state index in [1.54, 1.807) is 0 Å². The molecule has 2 N–H and O–H groups in total. The third kappa shape index (κ3) is 2.49. The third-order valence-electron chi connectivity index (χ3n) is 4.39. The fourth-order valence-electron chi connectivity index (χ4n) is 3.09. The molecule has 0 amide bonds. The molecular formula is C14H25NO. The van der Waals surface area contributed by atoms with Crippen LogP contribution in [0.3, 0.4) is 0 Å². The van der Waals surface area contributed by atoms with Crippen molar-refractivity contribution in [2.75, 3.05) is 6.54 Å². The normalized spacial score (nSPS) is 35.9. The summed E-state index contributed by atoms with van der Waals surface area (Å²) in [5, 5.41) is 13.3. The number of fused-ring (bicyclic) bond motifs is 2. The second-order valence-corrected chi connectivity index (χ2v) is 5.95. The van der Waals surface area contributed by atoms with Gasteiger partial charge in [-0.25, -0.2) is 0 Å². The van der Waals surface area contributed by atoms with Crippen molar-refractivity contribution < 1.29 is 5.11 Å². The Kier molecular flexibility index (Phi) is 3.70. The molecule has 0 aliphatic heterocycles. The Labute approximate surface area is 99.1 Å². The summed E-state index contributed by atoms with van der Waals surface area (Å²) in [4.78, 5) is 0. The Morgan fingerprint density at radius 2 is 2.00 bits per heavy atom. The number of rotatable bonds is 5. The summed E-state index contributed by atoms with van der Waals surface area (Å²) in [6, 6.07) is 0.536. The van der Waals surface area contributed by atoms with Gasteiger partial charge in [-0.05, 0) is 43.4 Å². The van der Waals surface area contributed by atoms with Gasteiger partial charge < -0.3 is 10.4 Å². The lowest BCUT2D eigenvalue weighted by Gasteiger charge is -2.28. The Balaban J connectivity index is 1.76. The van der Waals surface area contributed by atoms with Gasteiger partial charge in [-0.3, -0.25) is 0 Å². The minimum atomic E-state index is -0.211. The van der Waals surface area contributed by atoms with Gasteiger partial charge in [0, 0.05) is 12.6 Å². The number of aliphatic hydroxyl groups excluding tert-OH is 1. The molecule has 0 spiro atoms. The molecule has 2 rings (SSSR count). The zero-order valence-corrected chi connectivity index (χ0v) is 10.7. The summed E-state index contributed by atoms with van der Waals surface area (Å²) in [6.07, 6.45) is 7.28. The standard InChI is InChI=1S/C14H25NO/c1-9(2)14(16)8-15-10(3)13-7-11-4-5-12(13)6-11/h4-5,9-16H,6-8H2,1-3H3. The number of hydrogen-bond acceptors (Lipinski definition) is 2. The maximum Gasteiger partial charge on any atom is 0.0687 e. The van der Waals surface area contributed by atoms with Crippen molar-refractivity contribution >= 4 is 0 Å². The average molecular weight is 223 g/mol. The van der Waals surface area contributed by atoms with E-state index in [-0.39, 0.29) is 6.10 Å². The molecule has 0 aromatic heterocycles. The number of nitrogens with one attached hydrogen (secondary N) is 1. The molecule has 92 valence electrons. The van der Waals surface area contributed by atoms with Gasteiger partial charge in [0.2, 0.25) is 0 Å². The van der Waals surface area contributed by atoms with Crippen LogP contribution in [-0.2, 0) is 0 Å². The molecule has 2 bridgehead atoms. The molecule has 1 fully saturated rings. The predicted octanol–water partition coefficient (Wildman–Crippen LogP) is 2.19. The van der Waals surface area contributed by atoms with Crippen LogP contribution in [0.4, 0.5) is 0 Å². The van der Waals surface area contributed by atoms with Crippen molar-refractivity contribution in [3.63, 3.8) is 0 Å². The molecule has 5 atom stereocenters. The van der Waals surface area contributed by atoms with Crippen molar-refractivity contribution in [1.82, 2.24) is 5.32 Å². The molecule has 1 saturated carbocycles. The Bertz CT molecular complexity index is 261. The molecule has 0 radical (unpaired) electrons. The van der Waals surface area contributed by atoms with Crippen LogP contribution >= 0.6 is 0 Å². The minimum absolute atomic E-state index is 0.211. The molecule has 5 unspecified atom stereocenters. The van der Waals surface area contributed by atoms with Crippen LogP contribution in [0.15, 0.2) is 12.2 Å². The van der Waals surface area contributed by atoms with E-state index in [1.807, 2.05) is 0 Å². The van der Waals surface area contributed by atoms with Crippen LogP contribution in [0.5, 0.6) is 0 Å². The summed E-state index contributed by atoms with van der Waals surface area (Å²) in [6.45, 7) is 7.14. The predicted molar refractivity (Wildman–Crippen MR) is 67.2 cm³/mol. The largest absolute Gasteiger partial charge is 0.392 e. The zero-order chi connectivity index (χ0) is 11.7. The topological polar surface area (TPSA) is 32.3 Å². The summed E-state index contributed by atoms with van der Waals surface area (Å²) < 4.78 is 0. The molecule has 0 heterocycles. The van der Waals surface area contributed by atoms with Gasteiger partial charge in [0.1, 0.15) is 0 Å². The van der Waals surface area contributed by atoms with Crippen molar-refractivity contribution in [2.45, 2.75) is 45.8 Å². The monoisotopic (exact) mass is 223 g/mol. The molecule has 0 aromatic rings. The van der Waals surface area contributed by atoms with Crippen LogP contribution in [0.25, 0.3) is 0 Å². The van der Waals surface area contributed by atoms with E-state index in [4.69, 9.17) is 0 Å². The van der Waals surface area contributed by atoms with Gasteiger partial charge in [-0.15, -0.1) is 0 Å². The lowest BCUT2D eigenvalue weighted by atomic mass is 9.87. The molecule has 2 aliphatic carbocycles. The quantitative estimate of drug-likeness (QED) is 0.700. The van der Waals surface area contributed by atoms with E-state index >= 15 is 0 Å². The van der Waals surface area contributed by atoms with Crippen molar-refractivity contribution in [3.8, 4) is 0 Å². The fourth-order valence-corrected chi connectivity index (χ4v) is 3.09. The first-order valence-corrected chi connectivity index (χ1v) is 6.67. The maximum atomic E-state index is 9.77. The highest BCUT2D eigenvalue weighted by molar-refractivity contribution is 5.11. The van der Waals surface area contributed by atoms with E-state index in [0.29, 0.717) is 12.0 Å². The average Bonchev–Trinajstić information content (AvgIpc) is 2.86. The van der Waals surface area contributed by atoms with Crippen LogP contribution in [0.1, 0.15) is 33.6 Å². The van der Waals surface area contributed by atoms with Crippen LogP contribution < -0.4 is 5.32 Å². The smallest absolute Gasteiger partial charge is 0.0687 e. The first-order chi connectivity index (χ1) is 7.58. The third-order valence-corrected chi connectivity index (χ3v) is 4.39. The van der Waals surface area contributed by atoms with Crippen LogP contribution in [-0.4, -0.2) is 23.8 Å². The second kappa shape index (κ2) is 4.89.